The Labute approximate surface area is 155 Å². The Bertz CT molecular complexity index is 587. The van der Waals surface area contributed by atoms with Gasteiger partial charge in [0, 0.05) is 12.6 Å². The minimum absolute atomic E-state index is 0.0901. The van der Waals surface area contributed by atoms with Crippen LogP contribution in [0.15, 0.2) is 30.3 Å². The Morgan fingerprint density at radius 3 is 2.62 bits per heavy atom. The second kappa shape index (κ2) is 8.37. The predicted molar refractivity (Wildman–Crippen MR) is 98.7 cm³/mol. The number of methoxy groups -OCH3 is 1. The van der Waals surface area contributed by atoms with Gasteiger partial charge in [-0.25, -0.2) is 4.79 Å². The minimum Gasteiger partial charge on any atom is -0.453 e. The van der Waals surface area contributed by atoms with Crippen LogP contribution in [0.3, 0.4) is 0 Å². The average molecular weight is 362 g/mol. The highest BCUT2D eigenvalue weighted by Crippen LogP contribution is 2.38. The normalized spacial score (nSPS) is 32.3. The van der Waals surface area contributed by atoms with Crippen molar-refractivity contribution in [3.05, 3.63) is 35.9 Å². The molecule has 1 saturated heterocycles. The molecule has 144 valence electrons. The summed E-state index contributed by atoms with van der Waals surface area (Å²) in [5, 5.41) is 10.9. The van der Waals surface area contributed by atoms with Crippen molar-refractivity contribution in [2.45, 2.75) is 62.3 Å². The molecule has 1 heterocycles. The van der Waals surface area contributed by atoms with Crippen LogP contribution in [-0.2, 0) is 15.1 Å². The van der Waals surface area contributed by atoms with Crippen molar-refractivity contribution in [3.63, 3.8) is 0 Å². The van der Waals surface area contributed by atoms with Gasteiger partial charge in [-0.1, -0.05) is 30.3 Å². The van der Waals surface area contributed by atoms with Gasteiger partial charge in [0.1, 0.15) is 0 Å². The molecule has 26 heavy (non-hydrogen) atoms. The summed E-state index contributed by atoms with van der Waals surface area (Å²) >= 11 is 0. The number of nitrogens with two attached hydrogens (primary N) is 1. The molecule has 0 spiro atoms. The Kier molecular flexibility index (Phi) is 6.16. The van der Waals surface area contributed by atoms with E-state index in [1.165, 1.54) is 7.11 Å². The van der Waals surface area contributed by atoms with Crippen molar-refractivity contribution < 1.29 is 19.4 Å². The zero-order valence-corrected chi connectivity index (χ0v) is 15.5. The molecule has 2 atom stereocenters. The molecule has 2 aliphatic rings. The molecule has 1 aliphatic carbocycles. The number of likely N-dealkylation sites (tertiary alicyclic amines) is 1. The van der Waals surface area contributed by atoms with Crippen molar-refractivity contribution in [2.24, 2.45) is 5.73 Å². The number of benzene rings is 1. The summed E-state index contributed by atoms with van der Waals surface area (Å²) in [6.45, 7) is 1.08. The summed E-state index contributed by atoms with van der Waals surface area (Å²) in [4.78, 5) is 13.7. The lowest BCUT2D eigenvalue weighted by Crippen LogP contribution is -2.56. The zero-order valence-electron chi connectivity index (χ0n) is 15.5. The molecule has 1 aromatic rings. The molecule has 1 aliphatic heterocycles. The van der Waals surface area contributed by atoms with E-state index in [0.29, 0.717) is 26.0 Å². The third-order valence-corrected chi connectivity index (χ3v) is 5.81. The highest BCUT2D eigenvalue weighted by atomic mass is 16.5. The number of carbonyl (C=O) groups is 1. The van der Waals surface area contributed by atoms with Crippen molar-refractivity contribution >= 4 is 6.09 Å². The molecule has 0 bridgehead atoms. The standard InChI is InChI=1S/C20H30N2O4/c1-25-19(23)22-13-5-8-17(21)18(22)14-26-16-9-11-20(24,12-10-16)15-6-3-2-4-7-15/h2-4,6-7,16-18,24H,5,8-14,21H2,1H3/t16?,17-,18-,20?/m0/s1. The molecule has 0 unspecified atom stereocenters. The Hall–Kier alpha value is -1.63. The van der Waals surface area contributed by atoms with Crippen molar-refractivity contribution in [1.29, 1.82) is 0 Å². The highest BCUT2D eigenvalue weighted by Gasteiger charge is 2.37. The van der Waals surface area contributed by atoms with Crippen molar-refractivity contribution in [1.82, 2.24) is 4.90 Å². The smallest absolute Gasteiger partial charge is 0.409 e. The van der Waals surface area contributed by atoms with Gasteiger partial charge in [0.2, 0.25) is 0 Å². The van der Waals surface area contributed by atoms with Crippen LogP contribution in [0.5, 0.6) is 0 Å². The van der Waals surface area contributed by atoms with Crippen LogP contribution >= 0.6 is 0 Å². The first-order valence-electron chi connectivity index (χ1n) is 9.53. The van der Waals surface area contributed by atoms with Crippen LogP contribution in [-0.4, -0.2) is 54.5 Å². The Morgan fingerprint density at radius 2 is 1.96 bits per heavy atom. The molecule has 3 rings (SSSR count). The van der Waals surface area contributed by atoms with Crippen LogP contribution in [0.4, 0.5) is 4.79 Å². The van der Waals surface area contributed by atoms with Gasteiger partial charge < -0.3 is 25.2 Å². The zero-order chi connectivity index (χ0) is 18.6. The van der Waals surface area contributed by atoms with E-state index >= 15 is 0 Å². The van der Waals surface area contributed by atoms with Crippen LogP contribution in [0.2, 0.25) is 0 Å². The highest BCUT2D eigenvalue weighted by molar-refractivity contribution is 5.68. The summed E-state index contributed by atoms with van der Waals surface area (Å²) in [5.74, 6) is 0. The van der Waals surface area contributed by atoms with E-state index in [1.54, 1.807) is 4.90 Å². The minimum atomic E-state index is -0.763. The molecule has 6 heteroatoms. The monoisotopic (exact) mass is 362 g/mol. The fourth-order valence-electron chi connectivity index (χ4n) is 4.15. The maximum atomic E-state index is 12.0. The largest absolute Gasteiger partial charge is 0.453 e. The molecule has 0 radical (unpaired) electrons. The Morgan fingerprint density at radius 1 is 1.27 bits per heavy atom. The SMILES string of the molecule is COC(=O)N1CCC[C@H](N)[C@@H]1COC1CCC(O)(c2ccccc2)CC1. The molecule has 6 nitrogen and oxygen atoms in total. The van der Waals surface area contributed by atoms with Gasteiger partial charge in [-0.15, -0.1) is 0 Å². The fraction of sp³-hybridized carbons (Fsp3) is 0.650. The number of nitrogens with zero attached hydrogens (tertiary/aromatic N) is 1. The number of aliphatic hydroxyl groups is 1. The maximum Gasteiger partial charge on any atom is 0.409 e. The van der Waals surface area contributed by atoms with Crippen molar-refractivity contribution in [2.75, 3.05) is 20.3 Å². The third kappa shape index (κ3) is 4.19. The number of hydrogen-bond donors (Lipinski definition) is 2. The fourth-order valence-corrected chi connectivity index (χ4v) is 4.15. The van der Waals surface area contributed by atoms with Gasteiger partial charge in [-0.05, 0) is 44.1 Å². The lowest BCUT2D eigenvalue weighted by atomic mass is 9.78. The number of rotatable bonds is 4. The first-order chi connectivity index (χ1) is 12.5. The van der Waals surface area contributed by atoms with Gasteiger partial charge in [-0.2, -0.15) is 0 Å². The third-order valence-electron chi connectivity index (χ3n) is 5.81. The number of hydrogen-bond acceptors (Lipinski definition) is 5. The first kappa shape index (κ1) is 19.1. The van der Waals surface area contributed by atoms with Gasteiger partial charge in [0.15, 0.2) is 0 Å². The molecule has 0 aromatic heterocycles. The van der Waals surface area contributed by atoms with Crippen LogP contribution in [0, 0.1) is 0 Å². The van der Waals surface area contributed by atoms with Crippen LogP contribution in [0.25, 0.3) is 0 Å². The summed E-state index contributed by atoms with van der Waals surface area (Å²) in [7, 11) is 1.39. The number of ether oxygens (including phenoxy) is 2. The van der Waals surface area contributed by atoms with E-state index in [4.69, 9.17) is 15.2 Å². The van der Waals surface area contributed by atoms with Crippen LogP contribution < -0.4 is 5.73 Å². The number of carbonyl (C=O) groups excluding carboxylic acids is 1. The summed E-state index contributed by atoms with van der Waals surface area (Å²) < 4.78 is 11.0. The summed E-state index contributed by atoms with van der Waals surface area (Å²) in [5.41, 5.74) is 6.44. The molecule has 2 fully saturated rings. The van der Waals surface area contributed by atoms with Gasteiger partial charge in [0.05, 0.1) is 31.5 Å². The van der Waals surface area contributed by atoms with E-state index in [2.05, 4.69) is 0 Å². The molecular formula is C20H30N2O4. The first-order valence-corrected chi connectivity index (χ1v) is 9.53. The van der Waals surface area contributed by atoms with Crippen molar-refractivity contribution in [3.8, 4) is 0 Å². The second-order valence-corrected chi connectivity index (χ2v) is 7.47. The van der Waals surface area contributed by atoms with E-state index < -0.39 is 5.60 Å². The maximum absolute atomic E-state index is 12.0. The molecular weight excluding hydrogens is 332 g/mol. The van der Waals surface area contributed by atoms with E-state index in [-0.39, 0.29) is 24.3 Å². The molecule has 1 saturated carbocycles. The predicted octanol–water partition coefficient (Wildman–Crippen LogP) is 2.39. The molecule has 1 amide bonds. The lowest BCUT2D eigenvalue weighted by molar-refractivity contribution is -0.0727. The lowest BCUT2D eigenvalue weighted by Gasteiger charge is -2.40. The summed E-state index contributed by atoms with van der Waals surface area (Å²) in [6.07, 6.45) is 4.48. The van der Waals surface area contributed by atoms with Crippen LogP contribution in [0.1, 0.15) is 44.1 Å². The van der Waals surface area contributed by atoms with Gasteiger partial charge >= 0.3 is 6.09 Å². The van der Waals surface area contributed by atoms with E-state index in [1.807, 2.05) is 30.3 Å². The summed E-state index contributed by atoms with van der Waals surface area (Å²) in [6, 6.07) is 9.61. The molecule has 1 aromatic carbocycles. The van der Waals surface area contributed by atoms with Gasteiger partial charge in [0.25, 0.3) is 0 Å². The quantitative estimate of drug-likeness (QED) is 0.859. The molecule has 3 N–H and O–H groups in total. The average Bonchev–Trinajstić information content (AvgIpc) is 2.68. The number of piperidine rings is 1. The van der Waals surface area contributed by atoms with E-state index in [0.717, 1.165) is 31.2 Å². The topological polar surface area (TPSA) is 85.0 Å². The second-order valence-electron chi connectivity index (χ2n) is 7.47. The van der Waals surface area contributed by atoms with E-state index in [9.17, 15) is 9.90 Å². The van der Waals surface area contributed by atoms with Gasteiger partial charge in [-0.3, -0.25) is 0 Å². The number of amides is 1. The Balaban J connectivity index is 1.53.